The molecule has 0 amide bonds. The summed E-state index contributed by atoms with van der Waals surface area (Å²) in [7, 11) is 0. The van der Waals surface area contributed by atoms with Gasteiger partial charge in [0.2, 0.25) is 0 Å². The number of halogens is 2. The van der Waals surface area contributed by atoms with E-state index in [0.29, 0.717) is 0 Å². The number of carboxylic acid groups (broad SMARTS) is 1. The largest absolute Gasteiger partial charge is 0.480 e. The number of carboxylic acids is 1. The van der Waals surface area contributed by atoms with Crippen molar-refractivity contribution in [2.24, 2.45) is 0 Å². The molecule has 2 nitrogen and oxygen atoms in total. The molecule has 1 fully saturated rings. The second kappa shape index (κ2) is 2.78. The van der Waals surface area contributed by atoms with Gasteiger partial charge in [0.1, 0.15) is 0 Å². The Bertz CT molecular complexity index is 411. The van der Waals surface area contributed by atoms with E-state index in [9.17, 15) is 13.6 Å². The van der Waals surface area contributed by atoms with Crippen LogP contribution in [0.3, 0.4) is 0 Å². The molecule has 4 heteroatoms. The molecule has 1 aromatic rings. The maximum absolute atomic E-state index is 13.1. The van der Waals surface area contributed by atoms with Crippen LogP contribution in [0.5, 0.6) is 0 Å². The van der Waals surface area contributed by atoms with Gasteiger partial charge in [0.05, 0.1) is 0 Å². The molecule has 0 heterocycles. The van der Waals surface area contributed by atoms with Crippen molar-refractivity contribution in [3.8, 4) is 0 Å². The molecular weight excluding hydrogens is 202 g/mol. The molecular formula is C11H10F2O2. The van der Waals surface area contributed by atoms with Gasteiger partial charge in [-0.05, 0) is 12.5 Å². The SMILES string of the molecule is Cc1ccc([C@@]2(C(=O)O)CC2(F)F)cc1. The highest BCUT2D eigenvalue weighted by Gasteiger charge is 2.77. The number of carbonyl (C=O) groups is 1. The third-order valence-electron chi connectivity index (χ3n) is 2.90. The fraction of sp³-hybridized carbons (Fsp3) is 0.364. The van der Waals surface area contributed by atoms with Gasteiger partial charge in [0.15, 0.2) is 5.41 Å². The van der Waals surface area contributed by atoms with Crippen molar-refractivity contribution >= 4 is 5.97 Å². The monoisotopic (exact) mass is 212 g/mol. The zero-order valence-corrected chi connectivity index (χ0v) is 8.13. The van der Waals surface area contributed by atoms with Gasteiger partial charge in [-0.25, -0.2) is 8.78 Å². The van der Waals surface area contributed by atoms with Crippen LogP contribution in [0.15, 0.2) is 24.3 Å². The van der Waals surface area contributed by atoms with Crippen molar-refractivity contribution in [1.82, 2.24) is 0 Å². The summed E-state index contributed by atoms with van der Waals surface area (Å²) in [5.41, 5.74) is -0.880. The van der Waals surface area contributed by atoms with E-state index in [0.717, 1.165) is 5.56 Å². The standard InChI is InChI=1S/C11H10F2O2/c1-7-2-4-8(5-3-7)10(9(14)15)6-11(10,12)13/h2-5H,6H2,1H3,(H,14,15)/t10-/m1/s1. The van der Waals surface area contributed by atoms with Crippen LogP contribution in [0, 0.1) is 6.92 Å². The van der Waals surface area contributed by atoms with Crippen molar-refractivity contribution in [2.45, 2.75) is 24.7 Å². The Morgan fingerprint density at radius 2 is 1.80 bits per heavy atom. The van der Waals surface area contributed by atoms with E-state index in [1.807, 2.05) is 6.92 Å². The second-order valence-electron chi connectivity index (χ2n) is 3.96. The van der Waals surface area contributed by atoms with Gasteiger partial charge in [-0.3, -0.25) is 4.79 Å². The molecule has 0 radical (unpaired) electrons. The average molecular weight is 212 g/mol. The van der Waals surface area contributed by atoms with E-state index >= 15 is 0 Å². The van der Waals surface area contributed by atoms with Gasteiger partial charge in [0.25, 0.3) is 5.92 Å². The van der Waals surface area contributed by atoms with Gasteiger partial charge in [-0.15, -0.1) is 0 Å². The Hall–Kier alpha value is -1.45. The Morgan fingerprint density at radius 3 is 2.13 bits per heavy atom. The molecule has 0 unspecified atom stereocenters. The van der Waals surface area contributed by atoms with Crippen molar-refractivity contribution in [1.29, 1.82) is 0 Å². The highest BCUT2D eigenvalue weighted by Crippen LogP contribution is 2.61. The Balaban J connectivity index is 2.45. The first-order chi connectivity index (χ1) is 6.90. The van der Waals surface area contributed by atoms with Crippen LogP contribution >= 0.6 is 0 Å². The van der Waals surface area contributed by atoms with Gasteiger partial charge >= 0.3 is 5.97 Å². The van der Waals surface area contributed by atoms with Crippen molar-refractivity contribution in [3.63, 3.8) is 0 Å². The number of hydrogen-bond donors (Lipinski definition) is 1. The highest BCUT2D eigenvalue weighted by molar-refractivity contribution is 5.87. The lowest BCUT2D eigenvalue weighted by molar-refractivity contribution is -0.142. The molecule has 1 aliphatic rings. The molecule has 80 valence electrons. The highest BCUT2D eigenvalue weighted by atomic mass is 19.3. The molecule has 2 rings (SSSR count). The number of alkyl halides is 2. The normalized spacial score (nSPS) is 27.4. The Kier molecular flexibility index (Phi) is 1.87. The number of benzene rings is 1. The molecule has 0 saturated heterocycles. The van der Waals surface area contributed by atoms with Crippen LogP contribution in [-0.2, 0) is 10.2 Å². The second-order valence-corrected chi connectivity index (χ2v) is 3.96. The summed E-state index contributed by atoms with van der Waals surface area (Å²) in [6.45, 7) is 1.82. The number of aliphatic carboxylic acids is 1. The lowest BCUT2D eigenvalue weighted by Gasteiger charge is -2.11. The van der Waals surface area contributed by atoms with Crippen molar-refractivity contribution in [3.05, 3.63) is 35.4 Å². The Morgan fingerprint density at radius 1 is 1.33 bits per heavy atom. The van der Waals surface area contributed by atoms with Gasteiger partial charge in [-0.1, -0.05) is 29.8 Å². The van der Waals surface area contributed by atoms with E-state index in [-0.39, 0.29) is 5.56 Å². The van der Waals surface area contributed by atoms with Crippen molar-refractivity contribution < 1.29 is 18.7 Å². The Labute approximate surface area is 85.5 Å². The lowest BCUT2D eigenvalue weighted by atomic mass is 9.94. The molecule has 0 spiro atoms. The topological polar surface area (TPSA) is 37.3 Å². The minimum Gasteiger partial charge on any atom is -0.480 e. The summed E-state index contributed by atoms with van der Waals surface area (Å²) in [6, 6.07) is 6.22. The smallest absolute Gasteiger partial charge is 0.320 e. The molecule has 15 heavy (non-hydrogen) atoms. The summed E-state index contributed by atoms with van der Waals surface area (Å²) in [4.78, 5) is 10.9. The fourth-order valence-corrected chi connectivity index (χ4v) is 1.80. The van der Waals surface area contributed by atoms with Crippen LogP contribution in [-0.4, -0.2) is 17.0 Å². The number of rotatable bonds is 2. The van der Waals surface area contributed by atoms with Gasteiger partial charge in [0, 0.05) is 6.42 Å². The first kappa shape index (κ1) is 10.1. The van der Waals surface area contributed by atoms with Crippen LogP contribution in [0.4, 0.5) is 8.78 Å². The van der Waals surface area contributed by atoms with E-state index in [2.05, 4.69) is 0 Å². The van der Waals surface area contributed by atoms with E-state index in [1.54, 1.807) is 12.1 Å². The fourth-order valence-electron chi connectivity index (χ4n) is 1.80. The molecule has 0 bridgehead atoms. The maximum Gasteiger partial charge on any atom is 0.320 e. The predicted octanol–water partition coefficient (Wildman–Crippen LogP) is 2.36. The lowest BCUT2D eigenvalue weighted by Crippen LogP contribution is -2.26. The minimum atomic E-state index is -3.12. The molecule has 1 aliphatic carbocycles. The molecule has 1 N–H and O–H groups in total. The summed E-state index contributed by atoms with van der Waals surface area (Å²) >= 11 is 0. The quantitative estimate of drug-likeness (QED) is 0.817. The first-order valence-corrected chi connectivity index (χ1v) is 4.58. The average Bonchev–Trinajstić information content (AvgIpc) is 2.72. The van der Waals surface area contributed by atoms with Crippen LogP contribution < -0.4 is 0 Å². The molecule has 1 saturated carbocycles. The molecule has 1 atom stereocenters. The third kappa shape index (κ3) is 1.24. The third-order valence-corrected chi connectivity index (χ3v) is 2.90. The van der Waals surface area contributed by atoms with Gasteiger partial charge < -0.3 is 5.11 Å². The first-order valence-electron chi connectivity index (χ1n) is 4.58. The maximum atomic E-state index is 13.1. The number of hydrogen-bond acceptors (Lipinski definition) is 1. The van der Waals surface area contributed by atoms with E-state index in [1.165, 1.54) is 12.1 Å². The molecule has 0 aromatic heterocycles. The zero-order chi connectivity index (χ0) is 11.3. The summed E-state index contributed by atoms with van der Waals surface area (Å²) in [5, 5.41) is 8.88. The van der Waals surface area contributed by atoms with Crippen LogP contribution in [0.1, 0.15) is 17.5 Å². The van der Waals surface area contributed by atoms with E-state index in [4.69, 9.17) is 5.11 Å². The zero-order valence-electron chi connectivity index (χ0n) is 8.13. The van der Waals surface area contributed by atoms with Crippen LogP contribution in [0.2, 0.25) is 0 Å². The predicted molar refractivity (Wildman–Crippen MR) is 50.1 cm³/mol. The van der Waals surface area contributed by atoms with Gasteiger partial charge in [-0.2, -0.15) is 0 Å². The molecule has 1 aromatic carbocycles. The van der Waals surface area contributed by atoms with Crippen LogP contribution in [0.25, 0.3) is 0 Å². The van der Waals surface area contributed by atoms with E-state index < -0.39 is 23.7 Å². The summed E-state index contributed by atoms with van der Waals surface area (Å²) < 4.78 is 26.2. The summed E-state index contributed by atoms with van der Waals surface area (Å²) in [6.07, 6.45) is -0.599. The van der Waals surface area contributed by atoms with Crippen molar-refractivity contribution in [2.75, 3.05) is 0 Å². The minimum absolute atomic E-state index is 0.186. The number of aryl methyl sites for hydroxylation is 1. The molecule has 0 aliphatic heterocycles. The summed E-state index contributed by atoms with van der Waals surface area (Å²) in [5.74, 6) is -4.56.